The maximum Gasteiger partial charge on any atom is 0.362 e. The molecule has 21 nitrogen and oxygen atoms in total. The van der Waals surface area contributed by atoms with Crippen LogP contribution in [0.3, 0.4) is 0 Å². The van der Waals surface area contributed by atoms with Crippen molar-refractivity contribution in [3.05, 3.63) is 74.6 Å². The molecule has 9 N–H and O–H groups in total. The highest BCUT2D eigenvalue weighted by Crippen LogP contribution is 2.24. The first kappa shape index (κ1) is 36.8. The Kier molecular flexibility index (Phi) is 10.4. The van der Waals surface area contributed by atoms with E-state index in [9.17, 15) is 57.2 Å². The molecule has 1 fully saturated rings. The second kappa shape index (κ2) is 14.2. The minimum Gasteiger partial charge on any atom is -0.503 e. The molecule has 23 heteroatoms. The molecule has 1 saturated heterocycles. The number of nitrogens with two attached hydrogens (primary N) is 1. The molecular formula is C27H28N8O13S2. The molecule has 0 radical (unpaired) electrons. The van der Waals surface area contributed by atoms with Crippen molar-refractivity contribution < 1.29 is 57.2 Å². The third-order valence-electron chi connectivity index (χ3n) is 6.96. The van der Waals surface area contributed by atoms with Gasteiger partial charge in [-0.1, -0.05) is 5.16 Å². The number of benzene rings is 1. The molecule has 1 aliphatic rings. The van der Waals surface area contributed by atoms with Crippen molar-refractivity contribution in [3.8, 4) is 5.75 Å². The monoisotopic (exact) mass is 736 g/mol. The minimum atomic E-state index is -5.16. The molecule has 2 aromatic heterocycles. The van der Waals surface area contributed by atoms with E-state index in [1.165, 1.54) is 29.6 Å². The number of carbonyl (C=O) groups excluding carboxylic acids is 4. The fourth-order valence-corrected chi connectivity index (χ4v) is 5.63. The van der Waals surface area contributed by atoms with Crippen LogP contribution in [0.5, 0.6) is 5.75 Å². The predicted molar refractivity (Wildman–Crippen MR) is 169 cm³/mol. The number of aliphatic carboxylic acids is 1. The molecule has 0 saturated carbocycles. The number of amides is 4. The van der Waals surface area contributed by atoms with Crippen LogP contribution in [0.2, 0.25) is 0 Å². The number of rotatable bonds is 13. The molecule has 0 unspecified atom stereocenters. The summed E-state index contributed by atoms with van der Waals surface area (Å²) < 4.78 is 34.0. The second-order valence-electron chi connectivity index (χ2n) is 10.9. The maximum atomic E-state index is 13.2. The van der Waals surface area contributed by atoms with E-state index in [2.05, 4.69) is 26.1 Å². The summed E-state index contributed by atoms with van der Waals surface area (Å²) in [6, 6.07) is 2.71. The average Bonchev–Trinajstić information content (AvgIpc) is 3.47. The number of oxime groups is 1. The second-order valence-corrected chi connectivity index (χ2v) is 13.1. The van der Waals surface area contributed by atoms with Gasteiger partial charge in [-0.05, 0) is 38.1 Å². The van der Waals surface area contributed by atoms with E-state index < -0.39 is 81.0 Å². The highest BCUT2D eigenvalue weighted by atomic mass is 32.2. The normalized spacial score (nSPS) is 16.3. The quantitative estimate of drug-likeness (QED) is 0.0318. The number of aromatic nitrogens is 2. The van der Waals surface area contributed by atoms with E-state index in [0.717, 1.165) is 37.4 Å². The van der Waals surface area contributed by atoms with Gasteiger partial charge in [-0.2, -0.15) is 13.1 Å². The van der Waals surface area contributed by atoms with Crippen molar-refractivity contribution in [2.75, 3.05) is 12.3 Å². The number of thiazole rings is 1. The summed E-state index contributed by atoms with van der Waals surface area (Å²) in [6.07, 6.45) is 0.757. The fourth-order valence-electron chi connectivity index (χ4n) is 4.20. The first-order valence-electron chi connectivity index (χ1n) is 13.9. The molecule has 50 heavy (non-hydrogen) atoms. The molecule has 3 aromatic rings. The Morgan fingerprint density at radius 3 is 2.24 bits per heavy atom. The zero-order chi connectivity index (χ0) is 37.1. The van der Waals surface area contributed by atoms with Gasteiger partial charge >= 0.3 is 16.3 Å². The van der Waals surface area contributed by atoms with E-state index in [4.69, 9.17) is 10.6 Å². The molecule has 4 amide bonds. The first-order chi connectivity index (χ1) is 23.3. The van der Waals surface area contributed by atoms with Gasteiger partial charge in [-0.3, -0.25) is 28.5 Å². The Labute approximate surface area is 284 Å². The molecule has 0 aliphatic carbocycles. The molecule has 266 valence electrons. The molecule has 1 aliphatic heterocycles. The van der Waals surface area contributed by atoms with Gasteiger partial charge in [0.2, 0.25) is 11.0 Å². The molecule has 2 atom stereocenters. The van der Waals surface area contributed by atoms with Crippen LogP contribution in [0.25, 0.3) is 0 Å². The molecule has 0 bridgehead atoms. The topological polar surface area (TPSA) is 322 Å². The van der Waals surface area contributed by atoms with Crippen molar-refractivity contribution in [2.45, 2.75) is 38.1 Å². The summed E-state index contributed by atoms with van der Waals surface area (Å²) in [6.45, 7) is 1.36. The third kappa shape index (κ3) is 8.13. The molecule has 1 aromatic carbocycles. The Morgan fingerprint density at radius 2 is 1.70 bits per heavy atom. The number of anilines is 1. The van der Waals surface area contributed by atoms with E-state index in [0.29, 0.717) is 4.73 Å². The summed E-state index contributed by atoms with van der Waals surface area (Å²) >= 11 is 0.896. The number of β-lactam (4-membered cyclic amide) rings is 1. The van der Waals surface area contributed by atoms with Crippen molar-refractivity contribution >= 4 is 62.1 Å². The SMILES string of the molecule is CC(C)(ON=C(C(=O)N[C@@H]1C(=O)N(S(=O)(=O)O)[C@H]1CNC(=O)c1ccc(C(=O)NCc2cc(=O)c(O)cn2O)cc1)c1csc(N)n1)C(=O)O. The largest absolute Gasteiger partial charge is 0.503 e. The highest BCUT2D eigenvalue weighted by Gasteiger charge is 2.54. The standard InChI is InChI=1S/C27H28N8O13S2/c1-27(2,25(42)43)48-33-19(15-11-49-26(28)31-15)23(40)32-20-16(35(24(20)41)50(45,46)47)9-30-22(39)13-5-3-12(4-6-13)21(38)29-8-14-7-17(36)18(37)10-34(14)44/h3-7,10-11,16,20,37,44H,8-9H2,1-2H3,(H2,28,31)(H,29,38)(H,30,39)(H,32,40)(H,42,43)(H,45,46,47)/t16-,20-/m0/s1. The highest BCUT2D eigenvalue weighted by molar-refractivity contribution is 7.84. The zero-order valence-corrected chi connectivity index (χ0v) is 27.4. The number of nitrogens with zero attached hydrogens (tertiary/aromatic N) is 4. The van der Waals surface area contributed by atoms with Crippen LogP contribution in [0, 0.1) is 0 Å². The number of nitrogen functional groups attached to an aromatic ring is 1. The van der Waals surface area contributed by atoms with E-state index in [1.807, 2.05) is 0 Å². The van der Waals surface area contributed by atoms with Crippen molar-refractivity contribution in [2.24, 2.45) is 5.16 Å². The lowest BCUT2D eigenvalue weighted by atomic mass is 9.98. The molecule has 3 heterocycles. The van der Waals surface area contributed by atoms with Crippen molar-refractivity contribution in [3.63, 3.8) is 0 Å². The maximum absolute atomic E-state index is 13.2. The Bertz CT molecular complexity index is 2060. The molecular weight excluding hydrogens is 708 g/mol. The lowest BCUT2D eigenvalue weighted by Gasteiger charge is -2.44. The minimum absolute atomic E-state index is 0.00287. The zero-order valence-electron chi connectivity index (χ0n) is 25.8. The summed E-state index contributed by atoms with van der Waals surface area (Å²) in [5, 5.41) is 40.3. The van der Waals surface area contributed by atoms with E-state index >= 15 is 0 Å². The summed E-state index contributed by atoms with van der Waals surface area (Å²) in [4.78, 5) is 83.3. The van der Waals surface area contributed by atoms with Crippen LogP contribution < -0.4 is 27.1 Å². The van der Waals surface area contributed by atoms with Crippen LogP contribution in [0.15, 0.2) is 51.9 Å². The lowest BCUT2D eigenvalue weighted by molar-refractivity contribution is -0.161. The van der Waals surface area contributed by atoms with E-state index in [1.54, 1.807) is 0 Å². The number of pyridine rings is 1. The fraction of sp³-hybridized carbons (Fsp3) is 0.259. The van der Waals surface area contributed by atoms with Gasteiger partial charge in [-0.15, -0.1) is 11.3 Å². The van der Waals surface area contributed by atoms with Gasteiger partial charge in [0.25, 0.3) is 23.6 Å². The van der Waals surface area contributed by atoms with Gasteiger partial charge in [0.1, 0.15) is 11.7 Å². The third-order valence-corrected chi connectivity index (χ3v) is 8.59. The van der Waals surface area contributed by atoms with Crippen LogP contribution >= 0.6 is 11.3 Å². The number of aromatic hydroxyl groups is 1. The number of carbonyl (C=O) groups is 5. The first-order valence-corrected chi connectivity index (χ1v) is 16.2. The Morgan fingerprint density at radius 1 is 1.10 bits per heavy atom. The number of carboxylic acid groups (broad SMARTS) is 1. The van der Waals surface area contributed by atoms with Crippen LogP contribution in [0.1, 0.15) is 46.0 Å². The van der Waals surface area contributed by atoms with Gasteiger partial charge in [0, 0.05) is 29.1 Å². The average molecular weight is 737 g/mol. The smallest absolute Gasteiger partial charge is 0.362 e. The van der Waals surface area contributed by atoms with Gasteiger partial charge < -0.3 is 41.9 Å². The van der Waals surface area contributed by atoms with Crippen molar-refractivity contribution in [1.82, 2.24) is 30.0 Å². The number of hydrogen-bond acceptors (Lipinski definition) is 15. The number of hydrogen-bond donors (Lipinski definition) is 8. The lowest BCUT2D eigenvalue weighted by Crippen LogP contribution is -2.74. The number of carboxylic acids is 1. The van der Waals surface area contributed by atoms with Crippen molar-refractivity contribution in [1.29, 1.82) is 0 Å². The number of nitrogens with one attached hydrogen (secondary N) is 3. The van der Waals surface area contributed by atoms with Crippen LogP contribution in [0.4, 0.5) is 5.13 Å². The van der Waals surface area contributed by atoms with Gasteiger partial charge in [0.05, 0.1) is 24.5 Å². The van der Waals surface area contributed by atoms with Gasteiger partial charge in [-0.25, -0.2) is 14.1 Å². The van der Waals surface area contributed by atoms with Crippen LogP contribution in [-0.4, -0.2) is 102 Å². The van der Waals surface area contributed by atoms with Crippen LogP contribution in [-0.2, 0) is 36.1 Å². The predicted octanol–water partition coefficient (Wildman–Crippen LogP) is -1.73. The summed E-state index contributed by atoms with van der Waals surface area (Å²) in [7, 11) is -5.16. The Hall–Kier alpha value is -6.07. The summed E-state index contributed by atoms with van der Waals surface area (Å²) in [5.74, 6) is -6.04. The Balaban J connectivity index is 1.44. The van der Waals surface area contributed by atoms with E-state index in [-0.39, 0.29) is 38.5 Å². The van der Waals surface area contributed by atoms with Gasteiger partial charge in [0.15, 0.2) is 16.6 Å². The molecule has 4 rings (SSSR count). The molecule has 0 spiro atoms. The summed E-state index contributed by atoms with van der Waals surface area (Å²) in [5.41, 5.74) is 2.16.